The Kier molecular flexibility index (Phi) is 2.92. The maximum atomic E-state index is 11.1. The first kappa shape index (κ1) is 8.57. The van der Waals surface area contributed by atoms with Gasteiger partial charge in [-0.05, 0) is 19.8 Å². The van der Waals surface area contributed by atoms with Crippen LogP contribution in [0.25, 0.3) is 0 Å². The molecule has 0 spiro atoms. The van der Waals surface area contributed by atoms with Gasteiger partial charge in [-0.2, -0.15) is 0 Å². The number of hydrogen-bond acceptors (Lipinski definition) is 2. The summed E-state index contributed by atoms with van der Waals surface area (Å²) >= 11 is 0. The van der Waals surface area contributed by atoms with Crippen LogP contribution in [0.2, 0.25) is 0 Å². The summed E-state index contributed by atoms with van der Waals surface area (Å²) in [5.41, 5.74) is 0. The topological polar surface area (TPSA) is 26.3 Å². The molecule has 2 nitrogen and oxygen atoms in total. The van der Waals surface area contributed by atoms with E-state index in [0.717, 1.165) is 25.7 Å². The van der Waals surface area contributed by atoms with E-state index in [1.807, 2.05) is 6.92 Å². The minimum Gasteiger partial charge on any atom is -0.462 e. The van der Waals surface area contributed by atoms with Crippen molar-refractivity contribution in [2.45, 2.75) is 45.6 Å². The van der Waals surface area contributed by atoms with Gasteiger partial charge in [0.25, 0.3) is 0 Å². The molecule has 0 bridgehead atoms. The minimum absolute atomic E-state index is 0.0194. The van der Waals surface area contributed by atoms with Crippen LogP contribution >= 0.6 is 0 Å². The molecule has 0 aromatic heterocycles. The highest BCUT2D eigenvalue weighted by Crippen LogP contribution is 2.25. The molecule has 2 heteroatoms. The molecule has 0 aliphatic carbocycles. The fourth-order valence-electron chi connectivity index (χ4n) is 1.53. The van der Waals surface area contributed by atoms with Crippen LogP contribution in [0, 0.1) is 5.92 Å². The van der Waals surface area contributed by atoms with Gasteiger partial charge in [0.05, 0.1) is 12.0 Å². The van der Waals surface area contributed by atoms with Crippen LogP contribution in [0.5, 0.6) is 0 Å². The second-order valence-corrected chi connectivity index (χ2v) is 3.32. The van der Waals surface area contributed by atoms with E-state index in [9.17, 15) is 4.79 Å². The zero-order valence-electron chi connectivity index (χ0n) is 7.30. The van der Waals surface area contributed by atoms with Gasteiger partial charge in [0.15, 0.2) is 0 Å². The largest absolute Gasteiger partial charge is 0.462 e. The van der Waals surface area contributed by atoms with Crippen LogP contribution in [0.4, 0.5) is 0 Å². The summed E-state index contributed by atoms with van der Waals surface area (Å²) < 4.78 is 5.03. The van der Waals surface area contributed by atoms with Crippen LogP contribution in [0.3, 0.4) is 0 Å². The van der Waals surface area contributed by atoms with Crippen molar-refractivity contribution in [3.8, 4) is 0 Å². The molecule has 1 aliphatic rings. The minimum atomic E-state index is 0.0194. The summed E-state index contributed by atoms with van der Waals surface area (Å²) in [6.07, 6.45) is 4.41. The van der Waals surface area contributed by atoms with Gasteiger partial charge in [0, 0.05) is 0 Å². The summed E-state index contributed by atoms with van der Waals surface area (Å²) in [5.74, 6) is 0.218. The Morgan fingerprint density at radius 1 is 1.64 bits per heavy atom. The molecule has 0 radical (unpaired) electrons. The maximum Gasteiger partial charge on any atom is 0.309 e. The van der Waals surface area contributed by atoms with Crippen molar-refractivity contribution in [2.24, 2.45) is 5.92 Å². The fourth-order valence-corrected chi connectivity index (χ4v) is 1.53. The monoisotopic (exact) mass is 156 g/mol. The van der Waals surface area contributed by atoms with Gasteiger partial charge in [-0.25, -0.2) is 0 Å². The van der Waals surface area contributed by atoms with E-state index >= 15 is 0 Å². The van der Waals surface area contributed by atoms with E-state index in [-0.39, 0.29) is 18.0 Å². The first-order valence-electron chi connectivity index (χ1n) is 4.44. The standard InChI is InChI=1S/C9H16O2/c1-3-4-5-8-6-7(2)11-9(8)10/h7-8H,3-6H2,1-2H3/t7-,8?/m0/s1. The van der Waals surface area contributed by atoms with Crippen LogP contribution in [-0.4, -0.2) is 12.1 Å². The lowest BCUT2D eigenvalue weighted by Gasteiger charge is -2.01. The SMILES string of the molecule is CCCCC1C[C@H](C)OC1=O. The molecule has 0 aromatic carbocycles. The van der Waals surface area contributed by atoms with Crippen LogP contribution in [0.1, 0.15) is 39.5 Å². The van der Waals surface area contributed by atoms with Gasteiger partial charge in [-0.1, -0.05) is 19.8 Å². The van der Waals surface area contributed by atoms with Crippen molar-refractivity contribution in [2.75, 3.05) is 0 Å². The third-order valence-electron chi connectivity index (χ3n) is 2.17. The summed E-state index contributed by atoms with van der Waals surface area (Å²) in [6.45, 7) is 4.10. The molecular weight excluding hydrogens is 140 g/mol. The van der Waals surface area contributed by atoms with E-state index in [0.29, 0.717) is 0 Å². The van der Waals surface area contributed by atoms with Crippen molar-refractivity contribution in [3.63, 3.8) is 0 Å². The Bertz CT molecular complexity index is 142. The molecule has 1 heterocycles. The number of rotatable bonds is 3. The second kappa shape index (κ2) is 3.74. The maximum absolute atomic E-state index is 11.1. The lowest BCUT2D eigenvalue weighted by Crippen LogP contribution is -2.06. The predicted molar refractivity (Wildman–Crippen MR) is 43.2 cm³/mol. The molecule has 0 saturated carbocycles. The molecule has 1 saturated heterocycles. The molecular formula is C9H16O2. The van der Waals surface area contributed by atoms with Crippen molar-refractivity contribution in [1.29, 1.82) is 0 Å². The number of hydrogen-bond donors (Lipinski definition) is 0. The van der Waals surface area contributed by atoms with E-state index in [1.165, 1.54) is 0 Å². The molecule has 64 valence electrons. The van der Waals surface area contributed by atoms with Crippen LogP contribution < -0.4 is 0 Å². The summed E-state index contributed by atoms with van der Waals surface area (Å²) in [4.78, 5) is 11.1. The van der Waals surface area contributed by atoms with Crippen LogP contribution in [0.15, 0.2) is 0 Å². The fraction of sp³-hybridized carbons (Fsp3) is 0.889. The Morgan fingerprint density at radius 3 is 2.82 bits per heavy atom. The van der Waals surface area contributed by atoms with Gasteiger partial charge in [0.1, 0.15) is 0 Å². The van der Waals surface area contributed by atoms with Gasteiger partial charge in [0.2, 0.25) is 0 Å². The van der Waals surface area contributed by atoms with Crippen molar-refractivity contribution >= 4 is 5.97 Å². The molecule has 1 unspecified atom stereocenters. The highest BCUT2D eigenvalue weighted by atomic mass is 16.5. The lowest BCUT2D eigenvalue weighted by atomic mass is 9.99. The molecule has 0 N–H and O–H groups in total. The highest BCUT2D eigenvalue weighted by molar-refractivity contribution is 5.74. The van der Waals surface area contributed by atoms with Crippen molar-refractivity contribution in [3.05, 3.63) is 0 Å². The zero-order chi connectivity index (χ0) is 8.27. The van der Waals surface area contributed by atoms with Gasteiger partial charge < -0.3 is 4.74 Å². The number of ether oxygens (including phenoxy) is 1. The summed E-state index contributed by atoms with van der Waals surface area (Å²) in [6, 6.07) is 0. The Balaban J connectivity index is 2.29. The number of carbonyl (C=O) groups is 1. The van der Waals surface area contributed by atoms with E-state index < -0.39 is 0 Å². The first-order valence-corrected chi connectivity index (χ1v) is 4.44. The first-order chi connectivity index (χ1) is 5.24. The average Bonchev–Trinajstić information content (AvgIpc) is 2.26. The summed E-state index contributed by atoms with van der Waals surface area (Å²) in [7, 11) is 0. The average molecular weight is 156 g/mol. The predicted octanol–water partition coefficient (Wildman–Crippen LogP) is 2.13. The molecule has 0 aromatic rings. The third-order valence-corrected chi connectivity index (χ3v) is 2.17. The molecule has 1 aliphatic heterocycles. The zero-order valence-corrected chi connectivity index (χ0v) is 7.30. The molecule has 1 fully saturated rings. The number of carbonyl (C=O) groups excluding carboxylic acids is 1. The molecule has 0 amide bonds. The number of cyclic esters (lactones) is 1. The Hall–Kier alpha value is -0.530. The van der Waals surface area contributed by atoms with E-state index in [4.69, 9.17) is 4.74 Å². The quantitative estimate of drug-likeness (QED) is 0.585. The Labute approximate surface area is 67.9 Å². The lowest BCUT2D eigenvalue weighted by molar-refractivity contribution is -0.143. The van der Waals surface area contributed by atoms with E-state index in [1.54, 1.807) is 0 Å². The molecule has 2 atom stereocenters. The van der Waals surface area contributed by atoms with E-state index in [2.05, 4.69) is 6.92 Å². The normalized spacial score (nSPS) is 30.5. The Morgan fingerprint density at radius 2 is 2.36 bits per heavy atom. The van der Waals surface area contributed by atoms with Crippen LogP contribution in [-0.2, 0) is 9.53 Å². The van der Waals surface area contributed by atoms with Crippen molar-refractivity contribution < 1.29 is 9.53 Å². The molecule has 11 heavy (non-hydrogen) atoms. The summed E-state index contributed by atoms with van der Waals surface area (Å²) in [5, 5.41) is 0. The highest BCUT2D eigenvalue weighted by Gasteiger charge is 2.30. The van der Waals surface area contributed by atoms with Gasteiger partial charge in [-0.3, -0.25) is 4.79 Å². The second-order valence-electron chi connectivity index (χ2n) is 3.32. The van der Waals surface area contributed by atoms with Gasteiger partial charge >= 0.3 is 5.97 Å². The van der Waals surface area contributed by atoms with Gasteiger partial charge in [-0.15, -0.1) is 0 Å². The number of unbranched alkanes of at least 4 members (excludes halogenated alkanes) is 1. The molecule has 1 rings (SSSR count). The smallest absolute Gasteiger partial charge is 0.309 e. The number of esters is 1. The van der Waals surface area contributed by atoms with Crippen molar-refractivity contribution in [1.82, 2.24) is 0 Å². The third kappa shape index (κ3) is 2.21.